The molecule has 0 spiro atoms. The number of nitro benzene ring substituents is 1. The van der Waals surface area contributed by atoms with Crippen LogP contribution in [0.15, 0.2) is 47.4 Å². The Kier molecular flexibility index (Phi) is 4.69. The minimum atomic E-state index is -4.36. The lowest BCUT2D eigenvalue weighted by Crippen LogP contribution is -2.12. The average Bonchev–Trinajstić information content (AvgIpc) is 2.37. The highest BCUT2D eigenvalue weighted by Gasteiger charge is 2.28. The molecule has 6 nitrogen and oxygen atoms in total. The summed E-state index contributed by atoms with van der Waals surface area (Å²) in [7, 11) is -4.36. The molecule has 0 N–H and O–H groups in total. The van der Waals surface area contributed by atoms with Crippen LogP contribution in [0.3, 0.4) is 0 Å². The Labute approximate surface area is 139 Å². The summed E-state index contributed by atoms with van der Waals surface area (Å²) in [6, 6.07) is 9.55. The lowest BCUT2D eigenvalue weighted by atomic mass is 10.3. The van der Waals surface area contributed by atoms with Crippen LogP contribution in [-0.4, -0.2) is 13.3 Å². The maximum Gasteiger partial charge on any atom is 0.346 e. The van der Waals surface area contributed by atoms with Crippen LogP contribution in [0.1, 0.15) is 0 Å². The highest BCUT2D eigenvalue weighted by Crippen LogP contribution is 2.29. The second-order valence-electron chi connectivity index (χ2n) is 3.86. The minimum absolute atomic E-state index is 0.0606. The van der Waals surface area contributed by atoms with Gasteiger partial charge in [-0.3, -0.25) is 10.1 Å². The SMILES string of the molecule is O=[N+]([O-])c1ccc(Cl)cc1S(=O)(=O)Oc1cccc(I)c1. The van der Waals surface area contributed by atoms with Gasteiger partial charge in [0, 0.05) is 14.7 Å². The van der Waals surface area contributed by atoms with Crippen molar-refractivity contribution in [1.82, 2.24) is 0 Å². The van der Waals surface area contributed by atoms with E-state index in [2.05, 4.69) is 0 Å². The minimum Gasteiger partial charge on any atom is -0.379 e. The first kappa shape index (κ1) is 16.0. The molecule has 0 saturated carbocycles. The zero-order valence-electron chi connectivity index (χ0n) is 10.2. The van der Waals surface area contributed by atoms with Gasteiger partial charge in [-0.05, 0) is 52.9 Å². The Morgan fingerprint density at radius 1 is 1.19 bits per heavy atom. The van der Waals surface area contributed by atoms with Gasteiger partial charge in [0.1, 0.15) is 5.75 Å². The highest BCUT2D eigenvalue weighted by molar-refractivity contribution is 14.1. The quantitative estimate of drug-likeness (QED) is 0.314. The van der Waals surface area contributed by atoms with Gasteiger partial charge in [0.25, 0.3) is 5.69 Å². The summed E-state index contributed by atoms with van der Waals surface area (Å²) in [5, 5.41) is 11.0. The molecule has 0 saturated heterocycles. The van der Waals surface area contributed by atoms with Gasteiger partial charge in [-0.2, -0.15) is 8.42 Å². The van der Waals surface area contributed by atoms with E-state index in [0.717, 1.165) is 15.7 Å². The van der Waals surface area contributed by atoms with Gasteiger partial charge in [0.15, 0.2) is 4.90 Å². The first-order valence-electron chi connectivity index (χ1n) is 5.43. The molecule has 0 heterocycles. The van der Waals surface area contributed by atoms with E-state index < -0.39 is 25.6 Å². The smallest absolute Gasteiger partial charge is 0.346 e. The second kappa shape index (κ2) is 6.16. The Balaban J connectivity index is 2.49. The Morgan fingerprint density at radius 3 is 2.52 bits per heavy atom. The number of nitrogens with zero attached hydrogens (tertiary/aromatic N) is 1. The Bertz CT molecular complexity index is 809. The predicted molar refractivity (Wildman–Crippen MR) is 85.1 cm³/mol. The molecule has 9 heteroatoms. The Morgan fingerprint density at radius 2 is 1.90 bits per heavy atom. The first-order valence-corrected chi connectivity index (χ1v) is 8.30. The number of rotatable bonds is 4. The summed E-state index contributed by atoms with van der Waals surface area (Å²) in [4.78, 5) is 9.54. The molecule has 0 fully saturated rings. The molecule has 0 radical (unpaired) electrons. The van der Waals surface area contributed by atoms with Gasteiger partial charge in [0.2, 0.25) is 0 Å². The third-order valence-electron chi connectivity index (χ3n) is 2.39. The van der Waals surface area contributed by atoms with Crippen molar-refractivity contribution in [1.29, 1.82) is 0 Å². The van der Waals surface area contributed by atoms with Crippen molar-refractivity contribution in [3.05, 3.63) is 61.2 Å². The third-order valence-corrected chi connectivity index (χ3v) is 4.57. The fraction of sp³-hybridized carbons (Fsp3) is 0. The average molecular weight is 440 g/mol. The zero-order chi connectivity index (χ0) is 15.6. The topological polar surface area (TPSA) is 86.5 Å². The summed E-state index contributed by atoms with van der Waals surface area (Å²) in [6.07, 6.45) is 0. The van der Waals surface area contributed by atoms with E-state index in [1.807, 2.05) is 22.6 Å². The molecule has 0 amide bonds. The van der Waals surface area contributed by atoms with Crippen LogP contribution < -0.4 is 4.18 Å². The normalized spacial score (nSPS) is 11.1. The summed E-state index contributed by atoms with van der Waals surface area (Å²) in [5.74, 6) is 0.0659. The summed E-state index contributed by atoms with van der Waals surface area (Å²) < 4.78 is 30.1. The lowest BCUT2D eigenvalue weighted by Gasteiger charge is -2.08. The zero-order valence-corrected chi connectivity index (χ0v) is 13.9. The first-order chi connectivity index (χ1) is 9.79. The van der Waals surface area contributed by atoms with Gasteiger partial charge in [-0.15, -0.1) is 0 Å². The molecule has 0 atom stereocenters. The number of nitro groups is 1. The predicted octanol–water partition coefficient (Wildman–Crippen LogP) is 3.62. The Hall–Kier alpha value is -1.39. The van der Waals surface area contributed by atoms with Crippen LogP contribution >= 0.6 is 34.2 Å². The standard InChI is InChI=1S/C12H7ClINO5S/c13-8-4-5-11(15(16)17)12(6-8)21(18,19)20-10-3-1-2-9(14)7-10/h1-7H. The third kappa shape index (κ3) is 3.83. The second-order valence-corrected chi connectivity index (χ2v) is 7.06. The van der Waals surface area contributed by atoms with Gasteiger partial charge < -0.3 is 4.18 Å². The van der Waals surface area contributed by atoms with Crippen LogP contribution in [0.4, 0.5) is 5.69 Å². The van der Waals surface area contributed by atoms with E-state index in [4.69, 9.17) is 15.8 Å². The van der Waals surface area contributed by atoms with Gasteiger partial charge in [-0.1, -0.05) is 17.7 Å². The van der Waals surface area contributed by atoms with Crippen molar-refractivity contribution >= 4 is 50.0 Å². The van der Waals surface area contributed by atoms with Crippen molar-refractivity contribution in [3.8, 4) is 5.75 Å². The molecule has 0 aliphatic heterocycles. The molecule has 0 aliphatic rings. The summed E-state index contributed by atoms with van der Waals surface area (Å²) >= 11 is 7.70. The molecule has 2 aromatic rings. The van der Waals surface area contributed by atoms with Crippen LogP contribution in [0.5, 0.6) is 5.75 Å². The molecular formula is C12H7ClINO5S. The molecule has 0 aliphatic carbocycles. The maximum absolute atomic E-state index is 12.2. The molecule has 21 heavy (non-hydrogen) atoms. The summed E-state index contributed by atoms with van der Waals surface area (Å²) in [6.45, 7) is 0. The maximum atomic E-state index is 12.2. The van der Waals surface area contributed by atoms with E-state index in [1.54, 1.807) is 12.1 Å². The number of hydrogen-bond acceptors (Lipinski definition) is 5. The number of halogens is 2. The van der Waals surface area contributed by atoms with Crippen LogP contribution in [0.25, 0.3) is 0 Å². The van der Waals surface area contributed by atoms with E-state index in [9.17, 15) is 18.5 Å². The molecule has 0 aromatic heterocycles. The molecule has 0 bridgehead atoms. The van der Waals surface area contributed by atoms with Crippen LogP contribution in [-0.2, 0) is 10.1 Å². The molecular weight excluding hydrogens is 433 g/mol. The van der Waals surface area contributed by atoms with Crippen molar-refractivity contribution < 1.29 is 17.5 Å². The molecule has 0 unspecified atom stereocenters. The van der Waals surface area contributed by atoms with Crippen molar-refractivity contribution in [2.75, 3.05) is 0 Å². The van der Waals surface area contributed by atoms with E-state index in [-0.39, 0.29) is 10.8 Å². The van der Waals surface area contributed by atoms with Gasteiger partial charge in [0.05, 0.1) is 4.92 Å². The highest BCUT2D eigenvalue weighted by atomic mass is 127. The van der Waals surface area contributed by atoms with Crippen LogP contribution in [0, 0.1) is 13.7 Å². The van der Waals surface area contributed by atoms with Gasteiger partial charge in [-0.25, -0.2) is 0 Å². The molecule has 2 rings (SSSR count). The van der Waals surface area contributed by atoms with Crippen LogP contribution in [0.2, 0.25) is 5.02 Å². The van der Waals surface area contributed by atoms with E-state index >= 15 is 0 Å². The fourth-order valence-corrected chi connectivity index (χ4v) is 3.40. The largest absolute Gasteiger partial charge is 0.379 e. The molecule has 2 aromatic carbocycles. The summed E-state index contributed by atoms with van der Waals surface area (Å²) in [5.41, 5.74) is -0.593. The number of benzene rings is 2. The van der Waals surface area contributed by atoms with E-state index in [0.29, 0.717) is 0 Å². The fourth-order valence-electron chi connectivity index (χ4n) is 1.53. The van der Waals surface area contributed by atoms with Crippen molar-refractivity contribution in [2.24, 2.45) is 0 Å². The lowest BCUT2D eigenvalue weighted by molar-refractivity contribution is -0.387. The van der Waals surface area contributed by atoms with Gasteiger partial charge >= 0.3 is 10.1 Å². The molecule has 110 valence electrons. The monoisotopic (exact) mass is 439 g/mol. The van der Waals surface area contributed by atoms with Crippen molar-refractivity contribution in [2.45, 2.75) is 4.90 Å². The van der Waals surface area contributed by atoms with E-state index in [1.165, 1.54) is 18.2 Å². The van der Waals surface area contributed by atoms with Crippen molar-refractivity contribution in [3.63, 3.8) is 0 Å². The number of hydrogen-bond donors (Lipinski definition) is 0.